The molecule has 0 fully saturated rings. The molecule has 24 heavy (non-hydrogen) atoms. The second kappa shape index (κ2) is 6.92. The number of amides is 2. The monoisotopic (exact) mass is 343 g/mol. The number of nitrogens with zero attached hydrogens (tertiary/aromatic N) is 1. The lowest BCUT2D eigenvalue weighted by Crippen LogP contribution is -2.27. The molecule has 0 aliphatic carbocycles. The second-order valence-electron chi connectivity index (χ2n) is 5.36. The van der Waals surface area contributed by atoms with Gasteiger partial charge in [0, 0.05) is 22.2 Å². The van der Waals surface area contributed by atoms with E-state index in [0.717, 1.165) is 16.1 Å². The number of rotatable bonds is 4. The van der Waals surface area contributed by atoms with Gasteiger partial charge in [-0.3, -0.25) is 14.6 Å². The molecule has 6 nitrogen and oxygen atoms in total. The molecule has 0 bridgehead atoms. The summed E-state index contributed by atoms with van der Waals surface area (Å²) < 4.78 is 5.28. The normalized spacial score (nSPS) is 14.3. The minimum absolute atomic E-state index is 0.0249. The Morgan fingerprint density at radius 2 is 2.25 bits per heavy atom. The highest BCUT2D eigenvalue weighted by atomic mass is 32.2. The van der Waals surface area contributed by atoms with E-state index >= 15 is 0 Å². The lowest BCUT2D eigenvalue weighted by molar-refractivity contribution is -0.113. The molecule has 2 aromatic rings. The van der Waals surface area contributed by atoms with Crippen molar-refractivity contribution in [3.05, 3.63) is 47.8 Å². The van der Waals surface area contributed by atoms with E-state index in [9.17, 15) is 9.59 Å². The lowest BCUT2D eigenvalue weighted by atomic mass is 10.1. The molecule has 1 unspecified atom stereocenters. The highest BCUT2D eigenvalue weighted by molar-refractivity contribution is 8.00. The molecule has 1 aliphatic heterocycles. The number of carbonyl (C=O) groups is 2. The first-order valence-electron chi connectivity index (χ1n) is 7.44. The van der Waals surface area contributed by atoms with Gasteiger partial charge < -0.3 is 15.4 Å². The Kier molecular flexibility index (Phi) is 4.71. The summed E-state index contributed by atoms with van der Waals surface area (Å²) >= 11 is 1.43. The van der Waals surface area contributed by atoms with Crippen molar-refractivity contribution in [1.29, 1.82) is 0 Å². The molecule has 2 amide bonds. The standard InChI is InChI=1S/C17H17N3O3S/c1-10(12-5-6-18-8-14(12)23-2)19-17(22)11-3-4-13-15(7-11)24-9-16(21)20-13/h3-8,10H,9H2,1-2H3,(H,19,22)(H,20,21). The number of ether oxygens (including phenoxy) is 1. The number of methoxy groups -OCH3 is 1. The van der Waals surface area contributed by atoms with Gasteiger partial charge in [-0.1, -0.05) is 0 Å². The van der Waals surface area contributed by atoms with E-state index in [1.807, 2.05) is 13.0 Å². The van der Waals surface area contributed by atoms with Crippen LogP contribution in [0, 0.1) is 0 Å². The van der Waals surface area contributed by atoms with Crippen LogP contribution in [-0.2, 0) is 4.79 Å². The van der Waals surface area contributed by atoms with Crippen molar-refractivity contribution >= 4 is 29.3 Å². The Bertz CT molecular complexity index is 794. The van der Waals surface area contributed by atoms with Crippen molar-refractivity contribution in [2.75, 3.05) is 18.2 Å². The maximum absolute atomic E-state index is 12.5. The Labute approximate surface area is 144 Å². The second-order valence-corrected chi connectivity index (χ2v) is 6.38. The van der Waals surface area contributed by atoms with E-state index in [0.29, 0.717) is 17.1 Å². The van der Waals surface area contributed by atoms with Gasteiger partial charge in [-0.05, 0) is 31.2 Å². The summed E-state index contributed by atoms with van der Waals surface area (Å²) in [6.07, 6.45) is 3.29. The van der Waals surface area contributed by atoms with Crippen molar-refractivity contribution in [1.82, 2.24) is 10.3 Å². The fraction of sp³-hybridized carbons (Fsp3) is 0.235. The van der Waals surface area contributed by atoms with Gasteiger partial charge in [-0.2, -0.15) is 0 Å². The number of carbonyl (C=O) groups excluding carboxylic acids is 2. The van der Waals surface area contributed by atoms with Gasteiger partial charge in [-0.15, -0.1) is 11.8 Å². The smallest absolute Gasteiger partial charge is 0.251 e. The van der Waals surface area contributed by atoms with Crippen LogP contribution in [0.3, 0.4) is 0 Å². The van der Waals surface area contributed by atoms with Gasteiger partial charge in [0.2, 0.25) is 5.91 Å². The molecule has 2 heterocycles. The first-order chi connectivity index (χ1) is 11.6. The summed E-state index contributed by atoms with van der Waals surface area (Å²) in [7, 11) is 1.57. The van der Waals surface area contributed by atoms with Crippen LogP contribution in [0.5, 0.6) is 5.75 Å². The Hall–Kier alpha value is -2.54. The molecule has 124 valence electrons. The molecule has 0 spiro atoms. The summed E-state index contributed by atoms with van der Waals surface area (Å²) in [5.41, 5.74) is 2.16. The first kappa shape index (κ1) is 16.3. The number of fused-ring (bicyclic) bond motifs is 1. The van der Waals surface area contributed by atoms with Crippen LogP contribution in [0.25, 0.3) is 0 Å². The third-order valence-electron chi connectivity index (χ3n) is 3.73. The van der Waals surface area contributed by atoms with Crippen molar-refractivity contribution in [3.8, 4) is 5.75 Å². The SMILES string of the molecule is COc1cnccc1C(C)NC(=O)c1ccc2c(c1)SCC(=O)N2. The molecule has 0 radical (unpaired) electrons. The summed E-state index contributed by atoms with van der Waals surface area (Å²) in [5, 5.41) is 5.75. The van der Waals surface area contributed by atoms with E-state index in [1.165, 1.54) is 11.8 Å². The van der Waals surface area contributed by atoms with Crippen LogP contribution in [0.1, 0.15) is 28.9 Å². The number of hydrogen-bond donors (Lipinski definition) is 2. The minimum Gasteiger partial charge on any atom is -0.495 e. The number of thioether (sulfide) groups is 1. The highest BCUT2D eigenvalue weighted by Crippen LogP contribution is 2.32. The number of pyridine rings is 1. The predicted molar refractivity (Wildman–Crippen MR) is 92.5 cm³/mol. The Morgan fingerprint density at radius 1 is 1.42 bits per heavy atom. The van der Waals surface area contributed by atoms with Gasteiger partial charge in [0.15, 0.2) is 0 Å². The van der Waals surface area contributed by atoms with Crippen LogP contribution < -0.4 is 15.4 Å². The first-order valence-corrected chi connectivity index (χ1v) is 8.42. The third-order valence-corrected chi connectivity index (χ3v) is 4.78. The van der Waals surface area contributed by atoms with E-state index < -0.39 is 0 Å². The lowest BCUT2D eigenvalue weighted by Gasteiger charge is -2.19. The zero-order chi connectivity index (χ0) is 17.1. The van der Waals surface area contributed by atoms with Gasteiger partial charge in [0.05, 0.1) is 30.8 Å². The minimum atomic E-state index is -0.223. The molecule has 1 aromatic heterocycles. The van der Waals surface area contributed by atoms with Gasteiger partial charge >= 0.3 is 0 Å². The molecule has 1 atom stereocenters. The van der Waals surface area contributed by atoms with Crippen LogP contribution in [0.15, 0.2) is 41.6 Å². The van der Waals surface area contributed by atoms with Crippen LogP contribution in [-0.4, -0.2) is 29.7 Å². The molecule has 0 saturated carbocycles. The van der Waals surface area contributed by atoms with Gasteiger partial charge in [0.25, 0.3) is 5.91 Å². The summed E-state index contributed by atoms with van der Waals surface area (Å²) in [6.45, 7) is 1.89. The molecule has 7 heteroatoms. The largest absolute Gasteiger partial charge is 0.495 e. The highest BCUT2D eigenvalue weighted by Gasteiger charge is 2.19. The van der Waals surface area contributed by atoms with Crippen LogP contribution in [0.2, 0.25) is 0 Å². The quantitative estimate of drug-likeness (QED) is 0.892. The van der Waals surface area contributed by atoms with Gasteiger partial charge in [-0.25, -0.2) is 0 Å². The molecule has 1 aromatic carbocycles. The van der Waals surface area contributed by atoms with Crippen LogP contribution in [0.4, 0.5) is 5.69 Å². The topological polar surface area (TPSA) is 80.3 Å². The number of anilines is 1. The van der Waals surface area contributed by atoms with Crippen molar-refractivity contribution in [2.45, 2.75) is 17.9 Å². The van der Waals surface area contributed by atoms with Crippen molar-refractivity contribution in [3.63, 3.8) is 0 Å². The average Bonchev–Trinajstić information content (AvgIpc) is 2.61. The Balaban J connectivity index is 1.76. The average molecular weight is 343 g/mol. The molecule has 0 saturated heterocycles. The zero-order valence-electron chi connectivity index (χ0n) is 13.3. The number of aromatic nitrogens is 1. The maximum Gasteiger partial charge on any atom is 0.251 e. The van der Waals surface area contributed by atoms with E-state index in [-0.39, 0.29) is 17.9 Å². The maximum atomic E-state index is 12.5. The van der Waals surface area contributed by atoms with E-state index in [1.54, 1.807) is 37.7 Å². The van der Waals surface area contributed by atoms with Gasteiger partial charge in [0.1, 0.15) is 5.75 Å². The summed E-state index contributed by atoms with van der Waals surface area (Å²) in [5.74, 6) is 0.793. The third kappa shape index (κ3) is 3.35. The number of benzene rings is 1. The Morgan fingerprint density at radius 3 is 3.04 bits per heavy atom. The van der Waals surface area contributed by atoms with Crippen LogP contribution >= 0.6 is 11.8 Å². The fourth-order valence-electron chi connectivity index (χ4n) is 2.49. The van der Waals surface area contributed by atoms with Crippen molar-refractivity contribution < 1.29 is 14.3 Å². The molecule has 2 N–H and O–H groups in total. The number of hydrogen-bond acceptors (Lipinski definition) is 5. The molecule has 3 rings (SSSR count). The fourth-order valence-corrected chi connectivity index (χ4v) is 3.34. The van der Waals surface area contributed by atoms with E-state index in [4.69, 9.17) is 4.74 Å². The van der Waals surface area contributed by atoms with Crippen molar-refractivity contribution in [2.24, 2.45) is 0 Å². The molecular weight excluding hydrogens is 326 g/mol. The summed E-state index contributed by atoms with van der Waals surface area (Å²) in [4.78, 5) is 28.8. The van der Waals surface area contributed by atoms with E-state index in [2.05, 4.69) is 15.6 Å². The zero-order valence-corrected chi connectivity index (χ0v) is 14.1. The predicted octanol–water partition coefficient (Wildman–Crippen LogP) is 2.63. The molecule has 1 aliphatic rings. The summed E-state index contributed by atoms with van der Waals surface area (Å²) in [6, 6.07) is 6.86. The number of nitrogens with one attached hydrogen (secondary N) is 2. The molecular formula is C17H17N3O3S.